The van der Waals surface area contributed by atoms with Crippen LogP contribution in [0.1, 0.15) is 0 Å². The zero-order chi connectivity index (χ0) is 6.85. The highest BCUT2D eigenvalue weighted by Gasteiger charge is 1.91. The molecule has 0 spiro atoms. The Morgan fingerprint density at radius 3 is 2.78 bits per heavy atom. The molecule has 0 saturated carbocycles. The molecular weight excluding hydrogens is 244 g/mol. The summed E-state index contributed by atoms with van der Waals surface area (Å²) in [7, 11) is 5.53. The van der Waals surface area contributed by atoms with Gasteiger partial charge in [-0.2, -0.15) is 0 Å². The van der Waals surface area contributed by atoms with E-state index in [0.29, 0.717) is 4.64 Å². The normalized spacial score (nSPS) is 9.44. The summed E-state index contributed by atoms with van der Waals surface area (Å²) >= 11 is 7.01. The Bertz CT molecular complexity index is 270. The van der Waals surface area contributed by atoms with Crippen molar-refractivity contribution in [1.29, 1.82) is 0 Å². The van der Waals surface area contributed by atoms with Crippen molar-refractivity contribution in [3.63, 3.8) is 0 Å². The molecule has 44 valence electrons. The molecule has 1 heterocycles. The van der Waals surface area contributed by atoms with Crippen molar-refractivity contribution in [2.24, 2.45) is 0 Å². The summed E-state index contributed by atoms with van der Waals surface area (Å²) in [4.78, 5) is 2.87. The lowest BCUT2D eigenvalue weighted by molar-refractivity contribution is 1.29. The Hall–Kier alpha value is 0.165. The summed E-state index contributed by atoms with van der Waals surface area (Å²) in [5.41, 5.74) is 0.736. The quantitative estimate of drug-likeness (QED) is 0.413. The van der Waals surface area contributed by atoms with Crippen molar-refractivity contribution < 1.29 is 0 Å². The number of rotatable bonds is 0. The molecule has 0 aliphatic heterocycles. The molecule has 0 atom stereocenters. The Morgan fingerprint density at radius 1 is 1.67 bits per heavy atom. The summed E-state index contributed by atoms with van der Waals surface area (Å²) in [6.45, 7) is 0. The summed E-state index contributed by atoms with van der Waals surface area (Å²) in [6.07, 6.45) is 1.74. The van der Waals surface area contributed by atoms with E-state index in [1.165, 1.54) is 0 Å². The number of hydrogen-bond acceptors (Lipinski definition) is 1. The van der Waals surface area contributed by atoms with Crippen LogP contribution in [0.25, 0.3) is 0 Å². The van der Waals surface area contributed by atoms with Gasteiger partial charge >= 0.3 is 0 Å². The van der Waals surface area contributed by atoms with Gasteiger partial charge in [0.2, 0.25) is 0 Å². The largest absolute Gasteiger partial charge is 0.352 e. The van der Waals surface area contributed by atoms with Crippen LogP contribution in [-0.4, -0.2) is 12.8 Å². The minimum Gasteiger partial charge on any atom is -0.352 e. The molecule has 0 aromatic carbocycles. The lowest BCUT2D eigenvalue weighted by Gasteiger charge is -1.94. The van der Waals surface area contributed by atoms with E-state index in [0.717, 1.165) is 9.03 Å². The van der Waals surface area contributed by atoms with Gasteiger partial charge in [-0.05, 0) is 22.6 Å². The SMILES string of the molecule is [B]c1cc[nH]c(=S)c1I. The highest BCUT2D eigenvalue weighted by Crippen LogP contribution is 1.98. The molecule has 0 unspecified atom stereocenters. The molecule has 0 fully saturated rings. The number of pyridine rings is 1. The zero-order valence-corrected chi connectivity index (χ0v) is 7.49. The first-order chi connectivity index (χ1) is 4.22. The summed E-state index contributed by atoms with van der Waals surface area (Å²) in [5.74, 6) is 0. The van der Waals surface area contributed by atoms with Crippen LogP contribution < -0.4 is 5.46 Å². The molecule has 1 aromatic rings. The Labute approximate surface area is 73.4 Å². The third-order valence-corrected chi connectivity index (χ3v) is 2.78. The van der Waals surface area contributed by atoms with Crippen LogP contribution in [-0.2, 0) is 0 Å². The molecule has 2 radical (unpaired) electrons. The van der Waals surface area contributed by atoms with Crippen LogP contribution in [0.2, 0.25) is 0 Å². The second-order valence-corrected chi connectivity index (χ2v) is 3.06. The van der Waals surface area contributed by atoms with E-state index >= 15 is 0 Å². The third kappa shape index (κ3) is 1.55. The highest BCUT2D eigenvalue weighted by molar-refractivity contribution is 14.1. The molecule has 4 heteroatoms. The number of halogens is 1. The van der Waals surface area contributed by atoms with Gasteiger partial charge in [-0.15, -0.1) is 0 Å². The maximum Gasteiger partial charge on any atom is 0.116 e. The van der Waals surface area contributed by atoms with E-state index in [2.05, 4.69) is 27.6 Å². The van der Waals surface area contributed by atoms with Gasteiger partial charge in [0.05, 0.1) is 0 Å². The first-order valence-electron chi connectivity index (χ1n) is 2.34. The molecule has 1 nitrogen and oxygen atoms in total. The van der Waals surface area contributed by atoms with Gasteiger partial charge in [0, 0.05) is 9.77 Å². The maximum atomic E-state index is 5.53. The maximum absolute atomic E-state index is 5.53. The van der Waals surface area contributed by atoms with E-state index in [1.807, 2.05) is 0 Å². The van der Waals surface area contributed by atoms with Gasteiger partial charge in [0.25, 0.3) is 0 Å². The van der Waals surface area contributed by atoms with Crippen LogP contribution in [0, 0.1) is 8.21 Å². The topological polar surface area (TPSA) is 15.8 Å². The van der Waals surface area contributed by atoms with Crippen molar-refractivity contribution in [3.8, 4) is 0 Å². The number of nitrogens with one attached hydrogen (secondary N) is 1. The molecule has 0 aliphatic rings. The van der Waals surface area contributed by atoms with E-state index in [4.69, 9.17) is 20.1 Å². The van der Waals surface area contributed by atoms with Gasteiger partial charge in [-0.25, -0.2) is 0 Å². The van der Waals surface area contributed by atoms with Crippen molar-refractivity contribution in [2.45, 2.75) is 0 Å². The lowest BCUT2D eigenvalue weighted by Crippen LogP contribution is -2.07. The van der Waals surface area contributed by atoms with E-state index in [-0.39, 0.29) is 0 Å². The molecule has 1 N–H and O–H groups in total. The van der Waals surface area contributed by atoms with Gasteiger partial charge < -0.3 is 4.98 Å². The first kappa shape index (κ1) is 7.27. The fraction of sp³-hybridized carbons (Fsp3) is 0. The molecule has 1 aromatic heterocycles. The Morgan fingerprint density at radius 2 is 2.33 bits per heavy atom. The standard InChI is InChI=1S/C5H3BINS/c6-3-1-2-8-5(9)4(3)7/h1-2H,(H,8,9). The minimum absolute atomic E-state index is 0.704. The van der Waals surface area contributed by atoms with Crippen LogP contribution in [0.5, 0.6) is 0 Å². The monoisotopic (exact) mass is 247 g/mol. The Kier molecular flexibility index (Phi) is 2.29. The minimum atomic E-state index is 0.704. The zero-order valence-electron chi connectivity index (χ0n) is 4.52. The van der Waals surface area contributed by atoms with E-state index in [1.54, 1.807) is 12.3 Å². The fourth-order valence-electron chi connectivity index (χ4n) is 0.475. The van der Waals surface area contributed by atoms with Gasteiger partial charge in [-0.1, -0.05) is 23.7 Å². The van der Waals surface area contributed by atoms with E-state index < -0.39 is 0 Å². The summed E-state index contributed by atoms with van der Waals surface area (Å²) in [5, 5.41) is 0. The molecule has 1 rings (SSSR count). The molecule has 9 heavy (non-hydrogen) atoms. The third-order valence-electron chi connectivity index (χ3n) is 0.930. The number of hydrogen-bond donors (Lipinski definition) is 1. The van der Waals surface area contributed by atoms with Gasteiger partial charge in [-0.3, -0.25) is 0 Å². The molecule has 0 bridgehead atoms. The van der Waals surface area contributed by atoms with Crippen molar-refractivity contribution in [3.05, 3.63) is 20.5 Å². The average molecular weight is 247 g/mol. The number of aromatic nitrogens is 1. The molecular formula is C5H3BINS. The fourth-order valence-corrected chi connectivity index (χ4v) is 0.996. The van der Waals surface area contributed by atoms with Crippen LogP contribution in [0.4, 0.5) is 0 Å². The van der Waals surface area contributed by atoms with Crippen LogP contribution in [0.3, 0.4) is 0 Å². The van der Waals surface area contributed by atoms with Gasteiger partial charge in [0.15, 0.2) is 0 Å². The average Bonchev–Trinajstić information content (AvgIpc) is 1.83. The number of H-pyrrole nitrogens is 1. The van der Waals surface area contributed by atoms with Crippen molar-refractivity contribution in [1.82, 2.24) is 4.98 Å². The molecule has 0 aliphatic carbocycles. The summed E-state index contributed by atoms with van der Waals surface area (Å²) < 4.78 is 1.63. The predicted octanol–water partition coefficient (Wildman–Crippen LogP) is 1.14. The van der Waals surface area contributed by atoms with Crippen molar-refractivity contribution >= 4 is 48.1 Å². The van der Waals surface area contributed by atoms with E-state index in [9.17, 15) is 0 Å². The highest BCUT2D eigenvalue weighted by atomic mass is 127. The lowest BCUT2D eigenvalue weighted by atomic mass is 9.98. The molecule has 0 amide bonds. The first-order valence-corrected chi connectivity index (χ1v) is 3.83. The summed E-state index contributed by atoms with van der Waals surface area (Å²) in [6, 6.07) is 1.79. The van der Waals surface area contributed by atoms with Gasteiger partial charge in [0.1, 0.15) is 12.5 Å². The molecule has 0 saturated heterocycles. The van der Waals surface area contributed by atoms with Crippen LogP contribution in [0.15, 0.2) is 12.3 Å². The predicted molar refractivity (Wildman–Crippen MR) is 49.7 cm³/mol. The second-order valence-electron chi connectivity index (χ2n) is 1.58. The number of aromatic amines is 1. The van der Waals surface area contributed by atoms with Crippen LogP contribution >= 0.6 is 34.8 Å². The Balaban J connectivity index is 3.43. The van der Waals surface area contributed by atoms with Crippen molar-refractivity contribution in [2.75, 3.05) is 0 Å². The smallest absolute Gasteiger partial charge is 0.116 e. The second kappa shape index (κ2) is 2.83.